The maximum absolute atomic E-state index is 9.00. The van der Waals surface area contributed by atoms with Crippen LogP contribution in [0.2, 0.25) is 0 Å². The molecule has 0 aliphatic heterocycles. The zero-order chi connectivity index (χ0) is 16.4. The van der Waals surface area contributed by atoms with Gasteiger partial charge < -0.3 is 31.9 Å². The van der Waals surface area contributed by atoms with Gasteiger partial charge in [0.25, 0.3) is 17.9 Å². The maximum Gasteiger partial charge on any atom is 0.300 e. The topological polar surface area (TPSA) is 184 Å². The van der Waals surface area contributed by atoms with Crippen LogP contribution < -0.4 is 11.5 Å². The van der Waals surface area contributed by atoms with Gasteiger partial charge in [-0.15, -0.1) is 0 Å². The number of aliphatic carboxylic acids is 3. The Bertz CT molecular complexity index is 199. The Hall–Kier alpha value is -0.710. The summed E-state index contributed by atoms with van der Waals surface area (Å²) in [6.07, 6.45) is 0.608. The molecule has 0 aromatic carbocycles. The molecule has 9 nitrogen and oxygen atoms in total. The van der Waals surface area contributed by atoms with Crippen molar-refractivity contribution in [3.63, 3.8) is 0 Å². The van der Waals surface area contributed by atoms with Crippen molar-refractivity contribution in [3.8, 4) is 0 Å². The zero-order valence-corrected chi connectivity index (χ0v) is 14.4. The van der Waals surface area contributed by atoms with Gasteiger partial charge in [0.1, 0.15) is 0 Å². The largest absolute Gasteiger partial charge is 0.481 e. The molecule has 117 valence electrons. The Morgan fingerprint density at radius 1 is 0.950 bits per heavy atom. The molecule has 8 N–H and O–H groups in total. The van der Waals surface area contributed by atoms with Gasteiger partial charge in [-0.05, 0) is 6.42 Å². The van der Waals surface area contributed by atoms with Crippen LogP contribution in [0.25, 0.3) is 0 Å². The van der Waals surface area contributed by atoms with E-state index in [4.69, 9.17) is 46.3 Å². The zero-order valence-electron chi connectivity index (χ0n) is 12.4. The molecule has 0 heterocycles. The number of carboxylic acids is 3. The van der Waals surface area contributed by atoms with Crippen LogP contribution in [0, 0.1) is 0 Å². The Kier molecular flexibility index (Phi) is 42.3. The van der Waals surface area contributed by atoms with Crippen molar-refractivity contribution >= 4 is 47.5 Å². The minimum atomic E-state index is -0.833. The van der Waals surface area contributed by atoms with E-state index in [1.165, 1.54) is 0 Å². The Balaban J connectivity index is -0.0000000512. The smallest absolute Gasteiger partial charge is 0.300 e. The predicted molar refractivity (Wildman–Crippen MR) is 74.4 cm³/mol. The summed E-state index contributed by atoms with van der Waals surface area (Å²) < 4.78 is 0. The number of carbonyl (C=O) groups is 3. The second-order valence-corrected chi connectivity index (χ2v) is 3.07. The van der Waals surface area contributed by atoms with Crippen LogP contribution in [0.3, 0.4) is 0 Å². The summed E-state index contributed by atoms with van der Waals surface area (Å²) in [6, 6.07) is -0.0231. The van der Waals surface area contributed by atoms with Crippen LogP contribution >= 0.6 is 0 Å². The second-order valence-electron chi connectivity index (χ2n) is 3.07. The third-order valence-corrected chi connectivity index (χ3v) is 0.803. The average Bonchev–Trinajstić information content (AvgIpc) is 2.15. The fourth-order valence-corrected chi connectivity index (χ4v) is 0.284. The fraction of sp³-hybridized carbons (Fsp3) is 0.700. The number of carboxylic acid groups (broad SMARTS) is 3. The predicted octanol–water partition coefficient (Wildman–Crippen LogP) is -1.45. The van der Waals surface area contributed by atoms with E-state index in [9.17, 15) is 0 Å². The van der Waals surface area contributed by atoms with Crippen molar-refractivity contribution < 1.29 is 34.8 Å². The quantitative estimate of drug-likeness (QED) is 0.339. The molecular formula is C10H24N2NaO7. The number of nitrogens with two attached hydrogens (primary N) is 2. The van der Waals surface area contributed by atoms with Crippen LogP contribution in [0.15, 0.2) is 0 Å². The van der Waals surface area contributed by atoms with Gasteiger partial charge in [0, 0.05) is 69.5 Å². The molecule has 0 saturated heterocycles. The molecular weight excluding hydrogens is 283 g/mol. The van der Waals surface area contributed by atoms with E-state index in [-0.39, 0.29) is 42.2 Å². The van der Waals surface area contributed by atoms with E-state index in [1.54, 1.807) is 0 Å². The molecule has 0 aromatic rings. The third kappa shape index (κ3) is 249. The summed E-state index contributed by atoms with van der Waals surface area (Å²) in [5.41, 5.74) is 10.4. The second kappa shape index (κ2) is 26.8. The SMILES string of the molecule is CC(=O)O.CC(=O)O.CC(=O)O.NCC(N)CCO.[Na]. The van der Waals surface area contributed by atoms with E-state index < -0.39 is 17.9 Å². The molecule has 10 heteroatoms. The maximum atomic E-state index is 9.00. The molecule has 0 saturated carbocycles. The summed E-state index contributed by atoms with van der Waals surface area (Å²) >= 11 is 0. The van der Waals surface area contributed by atoms with Crippen molar-refractivity contribution in [3.05, 3.63) is 0 Å². The van der Waals surface area contributed by atoms with Gasteiger partial charge in [-0.1, -0.05) is 0 Å². The summed E-state index contributed by atoms with van der Waals surface area (Å²) in [4.78, 5) is 27.0. The number of aliphatic hydroxyl groups excluding tert-OH is 1. The van der Waals surface area contributed by atoms with Crippen LogP contribution in [0.1, 0.15) is 27.2 Å². The van der Waals surface area contributed by atoms with E-state index in [2.05, 4.69) is 0 Å². The average molecular weight is 307 g/mol. The molecule has 1 atom stereocenters. The first kappa shape index (κ1) is 31.6. The number of hydrogen-bond acceptors (Lipinski definition) is 6. The van der Waals surface area contributed by atoms with Crippen LogP contribution in [-0.2, 0) is 14.4 Å². The monoisotopic (exact) mass is 307 g/mol. The Morgan fingerprint density at radius 2 is 1.15 bits per heavy atom. The Labute approximate surface area is 140 Å². The van der Waals surface area contributed by atoms with E-state index >= 15 is 0 Å². The van der Waals surface area contributed by atoms with Gasteiger partial charge in [-0.25, -0.2) is 0 Å². The number of aliphatic hydroxyl groups is 1. The van der Waals surface area contributed by atoms with E-state index in [1.807, 2.05) is 0 Å². The fourth-order valence-electron chi connectivity index (χ4n) is 0.284. The molecule has 0 aliphatic carbocycles. The van der Waals surface area contributed by atoms with Gasteiger partial charge in [0.2, 0.25) is 0 Å². The molecule has 1 unspecified atom stereocenters. The number of hydrogen-bond donors (Lipinski definition) is 6. The molecule has 20 heavy (non-hydrogen) atoms. The summed E-state index contributed by atoms with van der Waals surface area (Å²) in [6.45, 7) is 3.85. The number of rotatable bonds is 3. The molecule has 0 aliphatic rings. The van der Waals surface area contributed by atoms with E-state index in [0.717, 1.165) is 20.8 Å². The Morgan fingerprint density at radius 3 is 1.20 bits per heavy atom. The van der Waals surface area contributed by atoms with Crippen molar-refractivity contribution in [2.24, 2.45) is 11.5 Å². The molecule has 0 rings (SSSR count). The first-order valence-electron chi connectivity index (χ1n) is 5.16. The van der Waals surface area contributed by atoms with Gasteiger partial charge in [0.05, 0.1) is 0 Å². The van der Waals surface area contributed by atoms with Crippen molar-refractivity contribution in [2.45, 2.75) is 33.2 Å². The molecule has 0 bridgehead atoms. The standard InChI is InChI=1S/C4H12N2O.3C2H4O2.Na/c5-3-4(6)1-2-7;3*1-2(3)4;/h4,7H,1-3,5-6H2;3*1H3,(H,3,4);. The van der Waals surface area contributed by atoms with Gasteiger partial charge >= 0.3 is 0 Å². The van der Waals surface area contributed by atoms with Gasteiger partial charge in [0.15, 0.2) is 0 Å². The molecule has 0 spiro atoms. The van der Waals surface area contributed by atoms with Crippen molar-refractivity contribution in [1.29, 1.82) is 0 Å². The molecule has 0 amide bonds. The van der Waals surface area contributed by atoms with Crippen LogP contribution in [0.5, 0.6) is 0 Å². The minimum Gasteiger partial charge on any atom is -0.481 e. The first-order valence-corrected chi connectivity index (χ1v) is 5.16. The molecule has 0 fully saturated rings. The third-order valence-electron chi connectivity index (χ3n) is 0.803. The van der Waals surface area contributed by atoms with Gasteiger partial charge in [-0.3, -0.25) is 14.4 Å². The van der Waals surface area contributed by atoms with Crippen LogP contribution in [-0.4, -0.2) is 87.1 Å². The summed E-state index contributed by atoms with van der Waals surface area (Å²) in [7, 11) is 0. The molecule has 1 radical (unpaired) electrons. The van der Waals surface area contributed by atoms with Crippen LogP contribution in [0.4, 0.5) is 0 Å². The molecule has 0 aromatic heterocycles. The van der Waals surface area contributed by atoms with E-state index in [0.29, 0.717) is 13.0 Å². The summed E-state index contributed by atoms with van der Waals surface area (Å²) in [5, 5.41) is 30.5. The van der Waals surface area contributed by atoms with Gasteiger partial charge in [-0.2, -0.15) is 0 Å². The normalized spacial score (nSPS) is 8.70. The summed E-state index contributed by atoms with van der Waals surface area (Å²) in [5.74, 6) is -2.50. The van der Waals surface area contributed by atoms with Crippen molar-refractivity contribution in [2.75, 3.05) is 13.2 Å². The minimum absolute atomic E-state index is 0. The van der Waals surface area contributed by atoms with Crippen molar-refractivity contribution in [1.82, 2.24) is 0 Å². The first-order chi connectivity index (χ1) is 8.50.